The second-order valence-corrected chi connectivity index (χ2v) is 20.8. The number of ether oxygens (including phenoxy) is 4. The summed E-state index contributed by atoms with van der Waals surface area (Å²) in [4.78, 5) is 13.2. The monoisotopic (exact) mass is 1030 g/mol. The highest BCUT2D eigenvalue weighted by atomic mass is 16.7. The molecule has 2 fully saturated rings. The van der Waals surface area contributed by atoms with Crippen LogP contribution >= 0.6 is 0 Å². The van der Waals surface area contributed by atoms with Crippen molar-refractivity contribution in [3.8, 4) is 0 Å². The number of amides is 1. The Balaban J connectivity index is 1.75. The molecule has 9 N–H and O–H groups in total. The lowest BCUT2D eigenvalue weighted by molar-refractivity contribution is -0.359. The van der Waals surface area contributed by atoms with Crippen molar-refractivity contribution >= 4 is 5.91 Å². The first-order valence-electron chi connectivity index (χ1n) is 29.2. The summed E-state index contributed by atoms with van der Waals surface area (Å²) in [6, 6.07) is -0.934. The largest absolute Gasteiger partial charge is 0.394 e. The van der Waals surface area contributed by atoms with Gasteiger partial charge in [-0.2, -0.15) is 0 Å². The number of nitrogens with one attached hydrogen (secondary N) is 1. The predicted molar refractivity (Wildman–Crippen MR) is 286 cm³/mol. The molecular formula is C58H107NO13. The SMILES string of the molecule is CCCCC/C=C\CCCCCCCC(=O)NC(COC1OC(CO)C(OC2OC(CO)C(O)C(O)C2O)C(O)C1O)C(O)/C=C/CC/C=C/CCCCCCCCCCCCCCCCCCCCCC. The molecule has 2 heterocycles. The summed E-state index contributed by atoms with van der Waals surface area (Å²) in [5.41, 5.74) is 0. The van der Waals surface area contributed by atoms with Crippen LogP contribution in [0.25, 0.3) is 0 Å². The second kappa shape index (κ2) is 44.3. The number of rotatable bonds is 46. The summed E-state index contributed by atoms with van der Waals surface area (Å²) in [6.07, 6.45) is 36.3. The fraction of sp³-hybridized carbons (Fsp3) is 0.879. The highest BCUT2D eigenvalue weighted by molar-refractivity contribution is 5.76. The molecule has 2 saturated heterocycles. The molecule has 0 spiro atoms. The molecule has 2 aliphatic heterocycles. The molecule has 0 radical (unpaired) electrons. The van der Waals surface area contributed by atoms with Gasteiger partial charge in [0.2, 0.25) is 5.91 Å². The number of aliphatic hydroxyl groups is 8. The lowest BCUT2D eigenvalue weighted by Crippen LogP contribution is -2.65. The number of hydrogen-bond donors (Lipinski definition) is 9. The van der Waals surface area contributed by atoms with E-state index in [2.05, 4.69) is 43.5 Å². The number of carbonyl (C=O) groups excluding carboxylic acids is 1. The van der Waals surface area contributed by atoms with E-state index in [1.807, 2.05) is 6.08 Å². The van der Waals surface area contributed by atoms with E-state index >= 15 is 0 Å². The van der Waals surface area contributed by atoms with Crippen LogP contribution in [0.2, 0.25) is 0 Å². The van der Waals surface area contributed by atoms with E-state index in [1.165, 1.54) is 148 Å². The molecule has 14 nitrogen and oxygen atoms in total. The Kier molecular flexibility index (Phi) is 40.9. The Morgan fingerprint density at radius 2 is 0.889 bits per heavy atom. The molecule has 0 bridgehead atoms. The molecule has 0 aliphatic carbocycles. The maximum atomic E-state index is 13.2. The van der Waals surface area contributed by atoms with Crippen LogP contribution in [0, 0.1) is 0 Å². The molecule has 0 aromatic carbocycles. The predicted octanol–water partition coefficient (Wildman–Crippen LogP) is 9.44. The van der Waals surface area contributed by atoms with Gasteiger partial charge in [-0.3, -0.25) is 4.79 Å². The molecule has 0 aromatic heterocycles. The van der Waals surface area contributed by atoms with Gasteiger partial charge in [0.1, 0.15) is 48.8 Å². The van der Waals surface area contributed by atoms with Gasteiger partial charge in [-0.25, -0.2) is 0 Å². The molecule has 12 unspecified atom stereocenters. The summed E-state index contributed by atoms with van der Waals surface area (Å²) >= 11 is 0. The van der Waals surface area contributed by atoms with Crippen LogP contribution in [0.15, 0.2) is 36.5 Å². The first kappa shape index (κ1) is 66.3. The fourth-order valence-electron chi connectivity index (χ4n) is 9.54. The average molecular weight is 1030 g/mol. The Hall–Kier alpha value is -1.79. The topological polar surface area (TPSA) is 228 Å². The van der Waals surface area contributed by atoms with Crippen molar-refractivity contribution in [2.75, 3.05) is 19.8 Å². The van der Waals surface area contributed by atoms with E-state index in [4.69, 9.17) is 18.9 Å². The maximum absolute atomic E-state index is 13.2. The zero-order valence-corrected chi connectivity index (χ0v) is 45.2. The lowest BCUT2D eigenvalue weighted by atomic mass is 9.97. The van der Waals surface area contributed by atoms with Gasteiger partial charge in [-0.05, 0) is 57.8 Å². The van der Waals surface area contributed by atoms with Gasteiger partial charge in [0.05, 0.1) is 32.0 Å². The summed E-state index contributed by atoms with van der Waals surface area (Å²) in [5.74, 6) is -0.259. The van der Waals surface area contributed by atoms with Crippen LogP contribution in [0.1, 0.15) is 232 Å². The van der Waals surface area contributed by atoms with Gasteiger partial charge in [0.25, 0.3) is 0 Å². The van der Waals surface area contributed by atoms with Crippen molar-refractivity contribution < 1.29 is 64.6 Å². The molecule has 2 aliphatic rings. The highest BCUT2D eigenvalue weighted by Crippen LogP contribution is 2.30. The maximum Gasteiger partial charge on any atom is 0.220 e. The van der Waals surface area contributed by atoms with Crippen molar-refractivity contribution in [3.05, 3.63) is 36.5 Å². The smallest absolute Gasteiger partial charge is 0.220 e. The van der Waals surface area contributed by atoms with E-state index in [9.17, 15) is 45.6 Å². The van der Waals surface area contributed by atoms with Crippen molar-refractivity contribution in [2.45, 2.75) is 306 Å². The summed E-state index contributed by atoms with van der Waals surface area (Å²) in [5, 5.41) is 86.9. The lowest BCUT2D eigenvalue weighted by Gasteiger charge is -2.46. The first-order chi connectivity index (χ1) is 35.1. The minimum absolute atomic E-state index is 0.259. The third kappa shape index (κ3) is 30.1. The van der Waals surface area contributed by atoms with Crippen molar-refractivity contribution in [3.63, 3.8) is 0 Å². The van der Waals surface area contributed by atoms with Crippen LogP contribution < -0.4 is 5.32 Å². The number of allylic oxidation sites excluding steroid dienone is 5. The zero-order chi connectivity index (χ0) is 52.4. The Labute approximate surface area is 436 Å². The Morgan fingerprint density at radius 1 is 0.486 bits per heavy atom. The van der Waals surface area contributed by atoms with E-state index in [0.717, 1.165) is 51.4 Å². The third-order valence-electron chi connectivity index (χ3n) is 14.3. The Morgan fingerprint density at radius 3 is 1.39 bits per heavy atom. The summed E-state index contributed by atoms with van der Waals surface area (Å²) < 4.78 is 22.7. The normalized spacial score (nSPS) is 25.8. The van der Waals surface area contributed by atoms with E-state index < -0.39 is 86.8 Å². The Bertz CT molecular complexity index is 1350. The van der Waals surface area contributed by atoms with Crippen molar-refractivity contribution in [2.24, 2.45) is 0 Å². The van der Waals surface area contributed by atoms with Crippen LogP contribution in [0.5, 0.6) is 0 Å². The van der Waals surface area contributed by atoms with E-state index in [1.54, 1.807) is 6.08 Å². The van der Waals surface area contributed by atoms with Gasteiger partial charge >= 0.3 is 0 Å². The molecule has 12 atom stereocenters. The highest BCUT2D eigenvalue weighted by Gasteiger charge is 2.51. The van der Waals surface area contributed by atoms with E-state index in [0.29, 0.717) is 12.8 Å². The number of unbranched alkanes of at least 4 members (excludes halogenated alkanes) is 29. The van der Waals surface area contributed by atoms with Crippen LogP contribution in [0.4, 0.5) is 0 Å². The number of hydrogen-bond acceptors (Lipinski definition) is 13. The zero-order valence-electron chi connectivity index (χ0n) is 45.2. The van der Waals surface area contributed by atoms with Crippen LogP contribution in [-0.2, 0) is 23.7 Å². The number of aliphatic hydroxyl groups excluding tert-OH is 8. The van der Waals surface area contributed by atoms with Gasteiger partial charge in [-0.15, -0.1) is 0 Å². The molecule has 72 heavy (non-hydrogen) atoms. The van der Waals surface area contributed by atoms with Gasteiger partial charge in [0, 0.05) is 6.42 Å². The van der Waals surface area contributed by atoms with Crippen LogP contribution in [-0.4, -0.2) is 140 Å². The standard InChI is InChI=1S/C58H107NO13/c1-3-5-7-9-11-13-15-17-18-19-20-21-22-23-24-25-26-27-28-29-30-31-33-35-37-39-41-47(62)46(59-50(63)42-40-38-36-34-32-16-14-12-10-8-6-4-2)45-69-57-55(68)53(66)56(49(44-61)71-57)72-58-54(67)52(65)51(64)48(43-60)70-58/h12,14,31,33,39,41,46-49,51-58,60-62,64-68H,3-11,13,15-30,32,34-38,40,42-45H2,1-2H3,(H,59,63)/b14-12-,33-31+,41-39+. The molecular weight excluding hydrogens is 919 g/mol. The van der Waals surface area contributed by atoms with Crippen molar-refractivity contribution in [1.29, 1.82) is 0 Å². The van der Waals surface area contributed by atoms with Crippen molar-refractivity contribution in [1.82, 2.24) is 5.32 Å². The third-order valence-corrected chi connectivity index (χ3v) is 14.3. The first-order valence-corrected chi connectivity index (χ1v) is 29.2. The summed E-state index contributed by atoms with van der Waals surface area (Å²) in [6.45, 7) is 2.75. The minimum Gasteiger partial charge on any atom is -0.394 e. The fourth-order valence-corrected chi connectivity index (χ4v) is 9.54. The number of carbonyl (C=O) groups is 1. The molecule has 2 rings (SSSR count). The molecule has 1 amide bonds. The van der Waals surface area contributed by atoms with Gasteiger partial charge in [-0.1, -0.05) is 204 Å². The average Bonchev–Trinajstić information content (AvgIpc) is 3.38. The molecule has 0 saturated carbocycles. The molecule has 14 heteroatoms. The van der Waals surface area contributed by atoms with E-state index in [-0.39, 0.29) is 18.9 Å². The van der Waals surface area contributed by atoms with Crippen LogP contribution in [0.3, 0.4) is 0 Å². The quantitative estimate of drug-likeness (QED) is 0.0205. The molecule has 422 valence electrons. The van der Waals surface area contributed by atoms with Gasteiger partial charge in [0.15, 0.2) is 12.6 Å². The minimum atomic E-state index is -1.79. The summed E-state index contributed by atoms with van der Waals surface area (Å²) in [7, 11) is 0. The molecule has 0 aromatic rings. The second-order valence-electron chi connectivity index (χ2n) is 20.8. The van der Waals surface area contributed by atoms with Gasteiger partial charge < -0.3 is 65.1 Å².